The normalized spacial score (nSPS) is 15.7. The van der Waals surface area contributed by atoms with Crippen molar-refractivity contribution in [3.05, 3.63) is 89.7 Å². The smallest absolute Gasteiger partial charge is 0.264 e. The van der Waals surface area contributed by atoms with Gasteiger partial charge in [-0.05, 0) is 37.3 Å². The quantitative estimate of drug-likeness (QED) is 0.660. The summed E-state index contributed by atoms with van der Waals surface area (Å²) < 4.78 is 47.5. The number of hydrogen-bond acceptors (Lipinski definition) is 4. The van der Waals surface area contributed by atoms with Gasteiger partial charge in [-0.3, -0.25) is 9.10 Å². The maximum atomic E-state index is 13.8. The summed E-state index contributed by atoms with van der Waals surface area (Å²) in [6, 6.07) is 19.3. The average molecular weight is 440 g/mol. The second kappa shape index (κ2) is 8.39. The number of nitrogens with zero attached hydrogens (tertiary/aromatic N) is 1. The van der Waals surface area contributed by atoms with Gasteiger partial charge < -0.3 is 10.1 Å². The fourth-order valence-corrected chi connectivity index (χ4v) is 4.82. The fraction of sp³-hybridized carbons (Fsp3) is 0.174. The molecule has 4 rings (SSSR count). The highest BCUT2D eigenvalue weighted by molar-refractivity contribution is 7.92. The van der Waals surface area contributed by atoms with E-state index in [9.17, 15) is 17.6 Å². The van der Waals surface area contributed by atoms with Crippen molar-refractivity contribution in [2.45, 2.75) is 24.5 Å². The lowest BCUT2D eigenvalue weighted by atomic mass is 10.2. The van der Waals surface area contributed by atoms with E-state index < -0.39 is 27.9 Å². The number of amides is 1. The van der Waals surface area contributed by atoms with Crippen molar-refractivity contribution < 1.29 is 22.3 Å². The minimum absolute atomic E-state index is 0.0300. The van der Waals surface area contributed by atoms with Gasteiger partial charge in [0, 0.05) is 12.1 Å². The lowest BCUT2D eigenvalue weighted by Gasteiger charge is -2.34. The van der Waals surface area contributed by atoms with Gasteiger partial charge in [0.25, 0.3) is 15.9 Å². The molecule has 1 amide bonds. The van der Waals surface area contributed by atoms with Crippen molar-refractivity contribution in [1.82, 2.24) is 5.32 Å². The number of carbonyl (C=O) groups excluding carboxylic acids is 1. The molecule has 1 aliphatic heterocycles. The highest BCUT2D eigenvalue weighted by Crippen LogP contribution is 2.36. The summed E-state index contributed by atoms with van der Waals surface area (Å²) in [5, 5.41) is 2.63. The van der Waals surface area contributed by atoms with Crippen molar-refractivity contribution in [3.63, 3.8) is 0 Å². The number of halogens is 1. The van der Waals surface area contributed by atoms with E-state index in [0.717, 1.165) is 5.56 Å². The standard InChI is InChI=1S/C23H21FN2O4S/c1-16-10-12-18(13-11-16)31(28,29)26-15-22(30-21-9-5-4-8-20(21)26)23(27)25-14-17-6-2-3-7-19(17)24/h2-13,22H,14-15H2,1H3,(H,25,27). The lowest BCUT2D eigenvalue weighted by molar-refractivity contribution is -0.127. The number of anilines is 1. The van der Waals surface area contributed by atoms with E-state index in [1.54, 1.807) is 54.6 Å². The van der Waals surface area contributed by atoms with Crippen molar-refractivity contribution in [3.8, 4) is 5.75 Å². The van der Waals surface area contributed by atoms with Gasteiger partial charge in [0.2, 0.25) is 0 Å². The van der Waals surface area contributed by atoms with Crippen LogP contribution in [-0.2, 0) is 21.4 Å². The lowest BCUT2D eigenvalue weighted by Crippen LogP contribution is -2.50. The van der Waals surface area contributed by atoms with Gasteiger partial charge in [-0.2, -0.15) is 0 Å². The van der Waals surface area contributed by atoms with Gasteiger partial charge in [0.1, 0.15) is 11.6 Å². The molecule has 1 heterocycles. The van der Waals surface area contributed by atoms with Crippen LogP contribution < -0.4 is 14.4 Å². The second-order valence-electron chi connectivity index (χ2n) is 7.23. The number of rotatable bonds is 5. The Balaban J connectivity index is 1.60. The first-order valence-corrected chi connectivity index (χ1v) is 11.2. The van der Waals surface area contributed by atoms with Crippen LogP contribution >= 0.6 is 0 Å². The molecular weight excluding hydrogens is 419 g/mol. The fourth-order valence-electron chi connectivity index (χ4n) is 3.34. The monoisotopic (exact) mass is 440 g/mol. The van der Waals surface area contributed by atoms with E-state index in [4.69, 9.17) is 4.74 Å². The number of carbonyl (C=O) groups is 1. The molecule has 1 unspecified atom stereocenters. The number of hydrogen-bond donors (Lipinski definition) is 1. The van der Waals surface area contributed by atoms with Crippen LogP contribution in [0, 0.1) is 12.7 Å². The summed E-state index contributed by atoms with van der Waals surface area (Å²) >= 11 is 0. The van der Waals surface area contributed by atoms with Crippen molar-refractivity contribution in [2.75, 3.05) is 10.8 Å². The van der Waals surface area contributed by atoms with Crippen LogP contribution in [0.25, 0.3) is 0 Å². The number of aryl methyl sites for hydroxylation is 1. The van der Waals surface area contributed by atoms with E-state index in [0.29, 0.717) is 11.3 Å². The number of para-hydroxylation sites is 2. The predicted molar refractivity (Wildman–Crippen MR) is 115 cm³/mol. The molecule has 0 saturated heterocycles. The number of ether oxygens (including phenoxy) is 1. The van der Waals surface area contributed by atoms with E-state index in [1.165, 1.54) is 22.5 Å². The van der Waals surface area contributed by atoms with Crippen LogP contribution in [0.3, 0.4) is 0 Å². The van der Waals surface area contributed by atoms with E-state index in [-0.39, 0.29) is 23.7 Å². The molecular formula is C23H21FN2O4S. The SMILES string of the molecule is Cc1ccc(S(=O)(=O)N2CC(C(=O)NCc3ccccc3F)Oc3ccccc32)cc1. The Morgan fingerprint density at radius 2 is 1.74 bits per heavy atom. The van der Waals surface area contributed by atoms with Crippen LogP contribution in [-0.4, -0.2) is 27.0 Å². The molecule has 1 N–H and O–H groups in total. The maximum Gasteiger partial charge on any atom is 0.264 e. The van der Waals surface area contributed by atoms with E-state index >= 15 is 0 Å². The molecule has 3 aromatic carbocycles. The molecule has 31 heavy (non-hydrogen) atoms. The van der Waals surface area contributed by atoms with Crippen LogP contribution in [0.5, 0.6) is 5.75 Å². The number of sulfonamides is 1. The largest absolute Gasteiger partial charge is 0.476 e. The molecule has 160 valence electrons. The first-order chi connectivity index (χ1) is 14.9. The van der Waals surface area contributed by atoms with Gasteiger partial charge in [0.15, 0.2) is 6.10 Å². The Hall–Kier alpha value is -3.39. The van der Waals surface area contributed by atoms with Gasteiger partial charge in [0.05, 0.1) is 17.1 Å². The van der Waals surface area contributed by atoms with Crippen molar-refractivity contribution >= 4 is 21.6 Å². The summed E-state index contributed by atoms with van der Waals surface area (Å²) in [4.78, 5) is 12.9. The highest BCUT2D eigenvalue weighted by atomic mass is 32.2. The predicted octanol–water partition coefficient (Wildman–Crippen LogP) is 3.41. The third-order valence-electron chi connectivity index (χ3n) is 5.05. The van der Waals surface area contributed by atoms with E-state index in [2.05, 4.69) is 5.32 Å². The minimum Gasteiger partial charge on any atom is -0.476 e. The zero-order chi connectivity index (χ0) is 22.0. The second-order valence-corrected chi connectivity index (χ2v) is 9.09. The minimum atomic E-state index is -3.92. The number of nitrogens with one attached hydrogen (secondary N) is 1. The van der Waals surface area contributed by atoms with Crippen LogP contribution in [0.2, 0.25) is 0 Å². The molecule has 0 radical (unpaired) electrons. The first-order valence-electron chi connectivity index (χ1n) is 9.72. The Morgan fingerprint density at radius 1 is 1.06 bits per heavy atom. The molecule has 0 fully saturated rings. The molecule has 0 bridgehead atoms. The van der Waals surface area contributed by atoms with Gasteiger partial charge in [-0.15, -0.1) is 0 Å². The average Bonchev–Trinajstić information content (AvgIpc) is 2.78. The third-order valence-corrected chi connectivity index (χ3v) is 6.84. The first kappa shape index (κ1) is 20.9. The van der Waals surface area contributed by atoms with Crippen molar-refractivity contribution in [1.29, 1.82) is 0 Å². The zero-order valence-corrected chi connectivity index (χ0v) is 17.6. The Labute approximate surface area is 180 Å². The molecule has 0 spiro atoms. The van der Waals surface area contributed by atoms with Crippen LogP contribution in [0.1, 0.15) is 11.1 Å². The number of fused-ring (bicyclic) bond motifs is 1. The molecule has 6 nitrogen and oxygen atoms in total. The Kier molecular flexibility index (Phi) is 5.65. The third kappa shape index (κ3) is 4.25. The summed E-state index contributed by atoms with van der Waals surface area (Å²) in [6.07, 6.45) is -1.08. The molecule has 0 aliphatic carbocycles. The summed E-state index contributed by atoms with van der Waals surface area (Å²) in [6.45, 7) is 1.64. The molecule has 0 aromatic heterocycles. The highest BCUT2D eigenvalue weighted by Gasteiger charge is 2.37. The van der Waals surface area contributed by atoms with Crippen LogP contribution in [0.4, 0.5) is 10.1 Å². The van der Waals surface area contributed by atoms with Crippen LogP contribution in [0.15, 0.2) is 77.7 Å². The molecule has 8 heteroatoms. The number of benzene rings is 3. The zero-order valence-electron chi connectivity index (χ0n) is 16.8. The molecule has 3 aromatic rings. The Bertz CT molecular complexity index is 1210. The van der Waals surface area contributed by atoms with Crippen molar-refractivity contribution in [2.24, 2.45) is 0 Å². The maximum absolute atomic E-state index is 13.8. The van der Waals surface area contributed by atoms with E-state index in [1.807, 2.05) is 6.92 Å². The Morgan fingerprint density at radius 3 is 2.48 bits per heavy atom. The van der Waals surface area contributed by atoms with Gasteiger partial charge in [-0.25, -0.2) is 12.8 Å². The van der Waals surface area contributed by atoms with Gasteiger partial charge >= 0.3 is 0 Å². The summed E-state index contributed by atoms with van der Waals surface area (Å²) in [7, 11) is -3.92. The summed E-state index contributed by atoms with van der Waals surface area (Å²) in [5.41, 5.74) is 1.63. The molecule has 1 atom stereocenters. The molecule has 0 saturated carbocycles. The summed E-state index contributed by atoms with van der Waals surface area (Å²) in [5.74, 6) is -0.668. The molecule has 1 aliphatic rings. The van der Waals surface area contributed by atoms with Gasteiger partial charge in [-0.1, -0.05) is 48.0 Å². The topological polar surface area (TPSA) is 75.7 Å².